The molecule has 0 bridgehead atoms. The first-order valence-corrected chi connectivity index (χ1v) is 13.8. The van der Waals surface area contributed by atoms with Gasteiger partial charge in [0.15, 0.2) is 0 Å². The molecule has 0 aliphatic rings. The number of carbonyl (C=O) groups excluding carboxylic acids is 5. The molecule has 0 aliphatic carbocycles. The topological polar surface area (TPSA) is 206 Å². The number of nitrogens with zero attached hydrogens (tertiary/aromatic N) is 3. The van der Waals surface area contributed by atoms with Gasteiger partial charge in [0.2, 0.25) is 29.5 Å². The van der Waals surface area contributed by atoms with Crippen LogP contribution in [0.5, 0.6) is 0 Å². The smallest absolute Gasteiger partial charge is 0.246 e. The number of nitrogens with two attached hydrogens (primary N) is 1. The number of nitrogens with one attached hydrogen (secondary N) is 2. The van der Waals surface area contributed by atoms with E-state index in [0.29, 0.717) is 47.4 Å². The molecule has 226 valence electrons. The van der Waals surface area contributed by atoms with Crippen LogP contribution in [0.1, 0.15) is 90.4 Å². The quantitative estimate of drug-likeness (QED) is 0.0563. The molecule has 39 heavy (non-hydrogen) atoms. The summed E-state index contributed by atoms with van der Waals surface area (Å²) in [5.41, 5.74) is 4.98. The fourth-order valence-electron chi connectivity index (χ4n) is 3.50. The Morgan fingerprint density at radius 3 is 1.49 bits per heavy atom. The lowest BCUT2D eigenvalue weighted by atomic mass is 10.2. The monoisotopic (exact) mass is 560 g/mol. The predicted octanol–water partition coefficient (Wildman–Crippen LogP) is 0.922. The number of hydrogen-bond acceptors (Lipinski definition) is 9. The van der Waals surface area contributed by atoms with E-state index in [1.165, 1.54) is 6.92 Å². The van der Waals surface area contributed by atoms with Crippen molar-refractivity contribution in [2.45, 2.75) is 90.4 Å². The van der Waals surface area contributed by atoms with Gasteiger partial charge >= 0.3 is 0 Å². The van der Waals surface area contributed by atoms with Gasteiger partial charge in [-0.25, -0.2) is 15.2 Å². The number of rotatable bonds is 24. The van der Waals surface area contributed by atoms with Crippen molar-refractivity contribution in [3.63, 3.8) is 0 Å². The molecule has 0 radical (unpaired) electrons. The van der Waals surface area contributed by atoms with Crippen molar-refractivity contribution in [2.24, 2.45) is 5.73 Å². The first-order valence-electron chi connectivity index (χ1n) is 13.8. The maximum Gasteiger partial charge on any atom is 0.246 e. The molecule has 0 aliphatic heterocycles. The van der Waals surface area contributed by atoms with Gasteiger partial charge in [-0.3, -0.25) is 39.6 Å². The Hall–Kier alpha value is -2.81. The van der Waals surface area contributed by atoms with Crippen molar-refractivity contribution in [1.29, 1.82) is 0 Å². The molecule has 14 nitrogen and oxygen atoms in total. The zero-order valence-electron chi connectivity index (χ0n) is 23.2. The van der Waals surface area contributed by atoms with E-state index in [4.69, 9.17) is 5.73 Å². The Morgan fingerprint density at radius 2 is 1.03 bits per heavy atom. The Bertz CT molecular complexity index is 739. The maximum absolute atomic E-state index is 12.0. The first kappa shape index (κ1) is 36.2. The molecule has 5 amide bonds. The summed E-state index contributed by atoms with van der Waals surface area (Å²) < 4.78 is 0. The van der Waals surface area contributed by atoms with E-state index < -0.39 is 23.6 Å². The summed E-state index contributed by atoms with van der Waals surface area (Å²) >= 11 is 0. The Labute approximate surface area is 230 Å². The van der Waals surface area contributed by atoms with Crippen LogP contribution >= 0.6 is 0 Å². The number of hydrogen-bond donors (Lipinski definition) is 6. The van der Waals surface area contributed by atoms with Crippen LogP contribution < -0.4 is 16.4 Å². The molecule has 0 saturated carbocycles. The average molecular weight is 561 g/mol. The molecule has 0 aromatic rings. The largest absolute Gasteiger partial charge is 0.370 e. The molecule has 0 aromatic heterocycles. The predicted molar refractivity (Wildman–Crippen MR) is 141 cm³/mol. The summed E-state index contributed by atoms with van der Waals surface area (Å²) in [6.07, 6.45) is 6.52. The van der Waals surface area contributed by atoms with E-state index in [2.05, 4.69) is 10.6 Å². The standard InChI is InChI=1S/C25H48N6O8/c1-21(32)29(37)18-8-4-7-17-28-23(34)12-14-25(36)31(39)20-10-3-6-16-27-15-5-2-9-19-30(38)24(35)13-11-22(26)33/h27,37-39H,2-20H2,1H3,(H2,26,33)(H,28,34). The van der Waals surface area contributed by atoms with E-state index in [1.807, 2.05) is 0 Å². The van der Waals surface area contributed by atoms with Gasteiger partial charge in [0.1, 0.15) is 0 Å². The molecule has 0 rings (SSSR count). The van der Waals surface area contributed by atoms with Gasteiger partial charge in [0.25, 0.3) is 0 Å². The average Bonchev–Trinajstić information content (AvgIpc) is 2.90. The van der Waals surface area contributed by atoms with E-state index in [1.54, 1.807) is 0 Å². The van der Waals surface area contributed by atoms with Gasteiger partial charge in [-0.15, -0.1) is 0 Å². The molecule has 0 heterocycles. The van der Waals surface area contributed by atoms with Crippen molar-refractivity contribution >= 4 is 29.5 Å². The molecular weight excluding hydrogens is 512 g/mol. The number of hydroxylamine groups is 6. The maximum atomic E-state index is 12.0. The highest BCUT2D eigenvalue weighted by molar-refractivity contribution is 5.83. The Balaban J connectivity index is 3.60. The third-order valence-electron chi connectivity index (χ3n) is 5.91. The van der Waals surface area contributed by atoms with Crippen molar-refractivity contribution in [3.05, 3.63) is 0 Å². The summed E-state index contributed by atoms with van der Waals surface area (Å²) in [6.45, 7) is 3.99. The molecule has 0 unspecified atom stereocenters. The van der Waals surface area contributed by atoms with Gasteiger partial charge in [0, 0.05) is 58.8 Å². The summed E-state index contributed by atoms with van der Waals surface area (Å²) in [4.78, 5) is 56.9. The second-order valence-electron chi connectivity index (χ2n) is 9.42. The van der Waals surface area contributed by atoms with Crippen LogP contribution in [0.4, 0.5) is 0 Å². The molecule has 0 atom stereocenters. The van der Waals surface area contributed by atoms with Crippen LogP contribution in [0.15, 0.2) is 0 Å². The fourth-order valence-corrected chi connectivity index (χ4v) is 3.50. The lowest BCUT2D eigenvalue weighted by molar-refractivity contribution is -0.166. The molecule has 0 aromatic carbocycles. The summed E-state index contributed by atoms with van der Waals surface area (Å²) in [5.74, 6) is -2.26. The number of carbonyl (C=O) groups is 5. The third-order valence-corrected chi connectivity index (χ3v) is 5.91. The van der Waals surface area contributed by atoms with Crippen LogP contribution in [0.2, 0.25) is 0 Å². The van der Waals surface area contributed by atoms with Crippen molar-refractivity contribution in [2.75, 3.05) is 39.3 Å². The number of amides is 5. The van der Waals surface area contributed by atoms with Crippen LogP contribution in [0.25, 0.3) is 0 Å². The van der Waals surface area contributed by atoms with Crippen LogP contribution in [-0.4, -0.2) is 99.6 Å². The SMILES string of the molecule is CC(=O)N(O)CCCCCNC(=O)CCC(=O)N(O)CCCCCNCCCCCN(O)C(=O)CCC(N)=O. The zero-order chi connectivity index (χ0) is 29.5. The molecule has 7 N–H and O–H groups in total. The highest BCUT2D eigenvalue weighted by Gasteiger charge is 2.13. The minimum absolute atomic E-state index is 0.00347. The van der Waals surface area contributed by atoms with Crippen molar-refractivity contribution in [3.8, 4) is 0 Å². The van der Waals surface area contributed by atoms with Crippen LogP contribution in [0, 0.1) is 0 Å². The molecule has 0 spiro atoms. The highest BCUT2D eigenvalue weighted by Crippen LogP contribution is 2.03. The van der Waals surface area contributed by atoms with Crippen LogP contribution in [-0.2, 0) is 24.0 Å². The lowest BCUT2D eigenvalue weighted by Crippen LogP contribution is -2.31. The molecular formula is C25H48N6O8. The number of primary amides is 1. The van der Waals surface area contributed by atoms with Crippen molar-refractivity contribution < 1.29 is 39.6 Å². The summed E-state index contributed by atoms with van der Waals surface area (Å²) in [6, 6.07) is 0. The van der Waals surface area contributed by atoms with E-state index in [9.17, 15) is 39.6 Å². The van der Waals surface area contributed by atoms with Gasteiger partial charge < -0.3 is 16.4 Å². The van der Waals surface area contributed by atoms with Crippen LogP contribution in [0.3, 0.4) is 0 Å². The number of unbranched alkanes of at least 4 members (excludes halogenated alkanes) is 6. The third kappa shape index (κ3) is 21.8. The van der Waals surface area contributed by atoms with Crippen molar-refractivity contribution in [1.82, 2.24) is 25.8 Å². The summed E-state index contributed by atoms with van der Waals surface area (Å²) in [7, 11) is 0. The second kappa shape index (κ2) is 23.1. The molecule has 14 heteroatoms. The summed E-state index contributed by atoms with van der Waals surface area (Å²) in [5, 5.41) is 36.7. The minimum atomic E-state index is -0.577. The highest BCUT2D eigenvalue weighted by atomic mass is 16.5. The van der Waals surface area contributed by atoms with E-state index in [-0.39, 0.29) is 51.2 Å². The molecule has 0 fully saturated rings. The van der Waals surface area contributed by atoms with Gasteiger partial charge in [-0.05, 0) is 58.0 Å². The van der Waals surface area contributed by atoms with Gasteiger partial charge in [0.05, 0.1) is 0 Å². The minimum Gasteiger partial charge on any atom is -0.370 e. The Kier molecular flexibility index (Phi) is 21.4. The fraction of sp³-hybridized carbons (Fsp3) is 0.800. The van der Waals surface area contributed by atoms with Gasteiger partial charge in [-0.2, -0.15) is 0 Å². The zero-order valence-corrected chi connectivity index (χ0v) is 23.2. The molecule has 0 saturated heterocycles. The second-order valence-corrected chi connectivity index (χ2v) is 9.42. The van der Waals surface area contributed by atoms with E-state index in [0.717, 1.165) is 45.2 Å². The van der Waals surface area contributed by atoms with Gasteiger partial charge in [-0.1, -0.05) is 12.8 Å². The Morgan fingerprint density at radius 1 is 0.590 bits per heavy atom. The first-order chi connectivity index (χ1) is 18.5. The normalized spacial score (nSPS) is 10.7. The van der Waals surface area contributed by atoms with E-state index >= 15 is 0 Å². The lowest BCUT2D eigenvalue weighted by Gasteiger charge is -2.15.